The van der Waals surface area contributed by atoms with E-state index in [0.29, 0.717) is 12.1 Å². The third kappa shape index (κ3) is 2.36. The highest BCUT2D eigenvalue weighted by Crippen LogP contribution is 2.38. The summed E-state index contributed by atoms with van der Waals surface area (Å²) in [5, 5.41) is 11.0. The highest BCUT2D eigenvalue weighted by molar-refractivity contribution is 6.45. The van der Waals surface area contributed by atoms with E-state index < -0.39 is 0 Å². The Morgan fingerprint density at radius 1 is 1.37 bits per heavy atom. The Kier molecular flexibility index (Phi) is 3.48. The van der Waals surface area contributed by atoms with Crippen LogP contribution in [0.15, 0.2) is 23.3 Å². The zero-order chi connectivity index (χ0) is 13.4. The smallest absolute Gasteiger partial charge is 0.259 e. The van der Waals surface area contributed by atoms with Crippen LogP contribution in [0.1, 0.15) is 32.1 Å². The number of nitro groups is 1. The largest absolute Gasteiger partial charge is 0.293 e. The van der Waals surface area contributed by atoms with Crippen LogP contribution in [0.25, 0.3) is 0 Å². The summed E-state index contributed by atoms with van der Waals surface area (Å²) >= 11 is 0. The molecule has 0 aromatic carbocycles. The first-order valence-corrected chi connectivity index (χ1v) is 7.31. The second kappa shape index (κ2) is 5.12. The Balaban J connectivity index is 1.77. The van der Waals surface area contributed by atoms with Gasteiger partial charge in [0.25, 0.3) is 5.70 Å². The number of allylic oxidation sites excluding steroid dienone is 1. The third-order valence-corrected chi connectivity index (χ3v) is 4.91. The van der Waals surface area contributed by atoms with Gasteiger partial charge in [0.1, 0.15) is 0 Å². The minimum Gasteiger partial charge on any atom is -0.293 e. The van der Waals surface area contributed by atoms with Gasteiger partial charge in [0.15, 0.2) is 7.28 Å². The van der Waals surface area contributed by atoms with Crippen LogP contribution in [-0.2, 0) is 0 Å². The fourth-order valence-electron chi connectivity index (χ4n) is 3.88. The Bertz CT molecular complexity index is 439. The van der Waals surface area contributed by atoms with Crippen LogP contribution in [-0.4, -0.2) is 35.7 Å². The Morgan fingerprint density at radius 3 is 2.63 bits per heavy atom. The maximum Gasteiger partial charge on any atom is 0.259 e. The van der Waals surface area contributed by atoms with Crippen LogP contribution in [0.5, 0.6) is 0 Å². The summed E-state index contributed by atoms with van der Waals surface area (Å²) in [4.78, 5) is 13.3. The SMILES string of the molecule is C[B]C1=CC(N2CC3CCC2CC3)CC=C1[N+](=O)[O-]. The monoisotopic (exact) mass is 259 g/mol. The van der Waals surface area contributed by atoms with Gasteiger partial charge in [-0.3, -0.25) is 15.0 Å². The van der Waals surface area contributed by atoms with Crippen molar-refractivity contribution in [1.82, 2.24) is 4.90 Å². The lowest BCUT2D eigenvalue weighted by atomic mass is 9.68. The van der Waals surface area contributed by atoms with Crippen LogP contribution in [0.3, 0.4) is 0 Å². The molecule has 0 aromatic heterocycles. The molecule has 4 rings (SSSR count). The topological polar surface area (TPSA) is 46.4 Å². The maximum atomic E-state index is 11.0. The summed E-state index contributed by atoms with van der Waals surface area (Å²) < 4.78 is 0. The van der Waals surface area contributed by atoms with Gasteiger partial charge in [-0.2, -0.15) is 0 Å². The first-order chi connectivity index (χ1) is 9.19. The van der Waals surface area contributed by atoms with Gasteiger partial charge >= 0.3 is 0 Å². The minimum absolute atomic E-state index is 0.260. The van der Waals surface area contributed by atoms with Crippen molar-refractivity contribution >= 4 is 7.28 Å². The van der Waals surface area contributed by atoms with Gasteiger partial charge in [0.2, 0.25) is 0 Å². The van der Waals surface area contributed by atoms with Crippen LogP contribution in [0, 0.1) is 16.0 Å². The molecule has 2 aliphatic heterocycles. The second-order valence-electron chi connectivity index (χ2n) is 5.93. The van der Waals surface area contributed by atoms with E-state index in [9.17, 15) is 10.1 Å². The number of hydrogen-bond donors (Lipinski definition) is 0. The molecule has 101 valence electrons. The molecule has 0 amide bonds. The van der Waals surface area contributed by atoms with Gasteiger partial charge in [-0.25, -0.2) is 0 Å². The molecule has 0 N–H and O–H groups in total. The lowest BCUT2D eigenvalue weighted by Crippen LogP contribution is -2.52. The standard InChI is InChI=1S/C14H20BN2O2/c1-15-13-8-12(6-7-14(13)17(18)19)16-9-10-2-4-11(16)5-3-10/h7-8,10-12H,2-6,9H2,1H3. The molecule has 4 aliphatic rings. The molecule has 1 radical (unpaired) electrons. The quantitative estimate of drug-likeness (QED) is 0.444. The summed E-state index contributed by atoms with van der Waals surface area (Å²) in [6, 6.07) is 1.07. The van der Waals surface area contributed by atoms with E-state index in [1.807, 2.05) is 20.2 Å². The summed E-state index contributed by atoms with van der Waals surface area (Å²) in [6.07, 6.45) is 10.1. The van der Waals surface area contributed by atoms with Gasteiger partial charge in [-0.15, -0.1) is 0 Å². The summed E-state index contributed by atoms with van der Waals surface area (Å²) in [7, 11) is 1.86. The van der Waals surface area contributed by atoms with Gasteiger partial charge < -0.3 is 0 Å². The van der Waals surface area contributed by atoms with Gasteiger partial charge in [0, 0.05) is 18.6 Å². The molecule has 2 saturated heterocycles. The number of piperidine rings is 2. The first kappa shape index (κ1) is 12.9. The van der Waals surface area contributed by atoms with E-state index in [1.54, 1.807) is 0 Å². The normalized spacial score (nSPS) is 34.7. The highest BCUT2D eigenvalue weighted by atomic mass is 16.6. The molecule has 3 fully saturated rings. The highest BCUT2D eigenvalue weighted by Gasteiger charge is 2.37. The maximum absolute atomic E-state index is 11.0. The second-order valence-corrected chi connectivity index (χ2v) is 5.93. The fraction of sp³-hybridized carbons (Fsp3) is 0.714. The Labute approximate surface area is 114 Å². The van der Waals surface area contributed by atoms with Gasteiger partial charge in [0.05, 0.1) is 4.92 Å². The molecule has 19 heavy (non-hydrogen) atoms. The summed E-state index contributed by atoms with van der Waals surface area (Å²) in [5.74, 6) is 0.855. The fourth-order valence-corrected chi connectivity index (χ4v) is 3.88. The average molecular weight is 259 g/mol. The zero-order valence-corrected chi connectivity index (χ0v) is 11.4. The van der Waals surface area contributed by atoms with Crippen molar-refractivity contribution in [2.24, 2.45) is 5.92 Å². The first-order valence-electron chi connectivity index (χ1n) is 7.31. The van der Waals surface area contributed by atoms with Crippen LogP contribution in [0.2, 0.25) is 6.82 Å². The molecule has 5 heteroatoms. The molecular weight excluding hydrogens is 239 g/mol. The third-order valence-electron chi connectivity index (χ3n) is 4.91. The van der Waals surface area contributed by atoms with Crippen molar-refractivity contribution in [2.75, 3.05) is 6.54 Å². The van der Waals surface area contributed by atoms with Crippen LogP contribution >= 0.6 is 0 Å². The number of rotatable bonds is 3. The number of fused-ring (bicyclic) bond motifs is 3. The molecule has 2 heterocycles. The van der Waals surface area contributed by atoms with E-state index in [2.05, 4.69) is 11.0 Å². The Hall–Kier alpha value is -1.10. The lowest BCUT2D eigenvalue weighted by molar-refractivity contribution is -0.420. The molecular formula is C14H20BN2O2. The summed E-state index contributed by atoms with van der Waals surface area (Å²) in [5.41, 5.74) is 1.07. The molecule has 1 unspecified atom stereocenters. The molecule has 1 saturated carbocycles. The van der Waals surface area contributed by atoms with Crippen molar-refractivity contribution < 1.29 is 4.92 Å². The summed E-state index contributed by atoms with van der Waals surface area (Å²) in [6.45, 7) is 3.07. The molecule has 2 bridgehead atoms. The van der Waals surface area contributed by atoms with Gasteiger partial charge in [-0.05, 0) is 49.6 Å². The minimum atomic E-state index is -0.260. The van der Waals surface area contributed by atoms with E-state index >= 15 is 0 Å². The van der Waals surface area contributed by atoms with E-state index in [-0.39, 0.29) is 10.6 Å². The van der Waals surface area contributed by atoms with Crippen LogP contribution in [0.4, 0.5) is 0 Å². The van der Waals surface area contributed by atoms with Crippen molar-refractivity contribution in [1.29, 1.82) is 0 Å². The van der Waals surface area contributed by atoms with Crippen LogP contribution < -0.4 is 0 Å². The van der Waals surface area contributed by atoms with Crippen molar-refractivity contribution in [3.63, 3.8) is 0 Å². The van der Waals surface area contributed by atoms with Gasteiger partial charge in [-0.1, -0.05) is 12.9 Å². The lowest BCUT2D eigenvalue weighted by Gasteiger charge is -2.48. The number of hydrogen-bond acceptors (Lipinski definition) is 3. The Morgan fingerprint density at radius 2 is 2.11 bits per heavy atom. The van der Waals surface area contributed by atoms with E-state index in [0.717, 1.165) is 17.8 Å². The van der Waals surface area contributed by atoms with Crippen molar-refractivity contribution in [3.8, 4) is 0 Å². The number of nitrogens with zero attached hydrogens (tertiary/aromatic N) is 2. The van der Waals surface area contributed by atoms with E-state index in [4.69, 9.17) is 0 Å². The molecule has 0 aromatic rings. The predicted molar refractivity (Wildman–Crippen MR) is 75.6 cm³/mol. The van der Waals surface area contributed by atoms with Crippen molar-refractivity contribution in [3.05, 3.63) is 33.4 Å². The molecule has 2 aliphatic carbocycles. The molecule has 1 atom stereocenters. The molecule has 4 nitrogen and oxygen atoms in total. The van der Waals surface area contributed by atoms with Crippen molar-refractivity contribution in [2.45, 2.75) is 51.0 Å². The average Bonchev–Trinajstić information content (AvgIpc) is 2.47. The zero-order valence-electron chi connectivity index (χ0n) is 11.4. The van der Waals surface area contributed by atoms with E-state index in [1.165, 1.54) is 32.2 Å². The predicted octanol–water partition coefficient (Wildman–Crippen LogP) is 2.43. The molecule has 0 spiro atoms.